The van der Waals surface area contributed by atoms with Gasteiger partial charge in [-0.05, 0) is 62.8 Å². The van der Waals surface area contributed by atoms with Crippen molar-refractivity contribution in [3.8, 4) is 0 Å². The van der Waals surface area contributed by atoms with Crippen molar-refractivity contribution >= 4 is 18.6 Å². The second-order valence-corrected chi connectivity index (χ2v) is 9.87. The van der Waals surface area contributed by atoms with E-state index in [1.807, 2.05) is 44.3 Å². The summed E-state index contributed by atoms with van der Waals surface area (Å²) < 4.78 is 24.7. The Morgan fingerprint density at radius 2 is 2.07 bits per heavy atom. The van der Waals surface area contributed by atoms with Crippen LogP contribution in [0.3, 0.4) is 0 Å². The summed E-state index contributed by atoms with van der Waals surface area (Å²) in [6, 6.07) is 10.2. The Kier molecular flexibility index (Phi) is 6.71. The van der Waals surface area contributed by atoms with Gasteiger partial charge in [0.25, 0.3) is 0 Å². The Bertz CT molecular complexity index is 922. The third-order valence-electron chi connectivity index (χ3n) is 6.45. The quantitative estimate of drug-likeness (QED) is 0.450. The minimum atomic E-state index is -3.45. The Hall–Kier alpha value is -1.56. The minimum Gasteiger partial charge on any atom is -0.298 e. The van der Waals surface area contributed by atoms with E-state index in [4.69, 9.17) is 9.05 Å². The smallest absolute Gasteiger partial charge is 0.298 e. The molecule has 3 aliphatic rings. The Morgan fingerprint density at radius 1 is 1.30 bits per heavy atom. The Morgan fingerprint density at radius 3 is 2.73 bits per heavy atom. The van der Waals surface area contributed by atoms with Gasteiger partial charge < -0.3 is 0 Å². The standard InChI is InChI=1S/C23H32N3O3P/c1-4-17-16-26-14-12-18(17)15-22(26)23(25-30(27,28-5-2)29-6-3)20-11-13-24-21-10-8-7-9-19(20)21/h4,7-11,13,17-18,22-23H,1,5-6,12,14-16H2,2-3H3,(H,25,27)/t17?,18?,22?,23-/m1/s1. The fourth-order valence-corrected chi connectivity index (χ4v) is 6.65. The zero-order valence-corrected chi connectivity index (χ0v) is 18.8. The van der Waals surface area contributed by atoms with Crippen molar-refractivity contribution in [2.45, 2.75) is 38.8 Å². The fraction of sp³-hybridized carbons (Fsp3) is 0.522. The first-order chi connectivity index (χ1) is 14.6. The highest BCUT2D eigenvalue weighted by Gasteiger charge is 2.45. The van der Waals surface area contributed by atoms with E-state index in [9.17, 15) is 4.57 Å². The van der Waals surface area contributed by atoms with E-state index in [0.29, 0.717) is 25.0 Å². The average Bonchev–Trinajstić information content (AvgIpc) is 2.78. The van der Waals surface area contributed by atoms with Crippen LogP contribution in [0.5, 0.6) is 0 Å². The topological polar surface area (TPSA) is 63.7 Å². The normalized spacial score (nSPS) is 27.3. The lowest BCUT2D eigenvalue weighted by atomic mass is 9.73. The summed E-state index contributed by atoms with van der Waals surface area (Å²) in [6.45, 7) is 10.4. The molecule has 3 aliphatic heterocycles. The number of benzene rings is 1. The summed E-state index contributed by atoms with van der Waals surface area (Å²) in [5, 5.41) is 4.41. The lowest BCUT2D eigenvalue weighted by Crippen LogP contribution is -2.56. The summed E-state index contributed by atoms with van der Waals surface area (Å²) in [6.07, 6.45) is 6.15. The highest BCUT2D eigenvalue weighted by Crippen LogP contribution is 2.50. The molecule has 0 spiro atoms. The molecule has 7 heteroatoms. The van der Waals surface area contributed by atoms with Crippen LogP contribution in [0, 0.1) is 11.8 Å². The monoisotopic (exact) mass is 429 g/mol. The van der Waals surface area contributed by atoms with Gasteiger partial charge in [0.1, 0.15) is 0 Å². The molecule has 30 heavy (non-hydrogen) atoms. The van der Waals surface area contributed by atoms with Crippen molar-refractivity contribution in [1.82, 2.24) is 15.0 Å². The molecule has 2 aromatic rings. The van der Waals surface area contributed by atoms with E-state index in [1.54, 1.807) is 0 Å². The predicted molar refractivity (Wildman–Crippen MR) is 120 cm³/mol. The third kappa shape index (κ3) is 4.25. The fourth-order valence-electron chi connectivity index (χ4n) is 5.10. The van der Waals surface area contributed by atoms with Crippen LogP contribution in [-0.2, 0) is 13.6 Å². The molecule has 4 unspecified atom stereocenters. The maximum absolute atomic E-state index is 13.5. The number of rotatable bonds is 9. The molecule has 0 aliphatic carbocycles. The summed E-state index contributed by atoms with van der Waals surface area (Å²) in [7, 11) is -3.45. The van der Waals surface area contributed by atoms with Gasteiger partial charge in [-0.25, -0.2) is 9.65 Å². The Balaban J connectivity index is 1.76. The minimum absolute atomic E-state index is 0.185. The van der Waals surface area contributed by atoms with Crippen LogP contribution in [0.2, 0.25) is 0 Å². The Labute approximate surface area is 179 Å². The lowest BCUT2D eigenvalue weighted by Gasteiger charge is -2.52. The van der Waals surface area contributed by atoms with Gasteiger partial charge in [-0.1, -0.05) is 24.3 Å². The van der Waals surface area contributed by atoms with Crippen LogP contribution in [0.15, 0.2) is 49.2 Å². The number of fused-ring (bicyclic) bond motifs is 4. The van der Waals surface area contributed by atoms with E-state index in [1.165, 1.54) is 6.42 Å². The van der Waals surface area contributed by atoms with Crippen LogP contribution in [-0.4, -0.2) is 42.2 Å². The van der Waals surface area contributed by atoms with Crippen LogP contribution in [0.1, 0.15) is 38.3 Å². The van der Waals surface area contributed by atoms with Crippen molar-refractivity contribution in [3.63, 3.8) is 0 Å². The molecular weight excluding hydrogens is 397 g/mol. The molecule has 1 aromatic carbocycles. The van der Waals surface area contributed by atoms with Crippen molar-refractivity contribution in [2.75, 3.05) is 26.3 Å². The van der Waals surface area contributed by atoms with Gasteiger partial charge in [-0.2, -0.15) is 0 Å². The highest BCUT2D eigenvalue weighted by molar-refractivity contribution is 7.51. The molecule has 4 heterocycles. The number of nitrogens with zero attached hydrogens (tertiary/aromatic N) is 2. The second-order valence-electron chi connectivity index (χ2n) is 8.10. The molecule has 5 atom stereocenters. The molecule has 162 valence electrons. The van der Waals surface area contributed by atoms with Gasteiger partial charge in [0.05, 0.1) is 24.8 Å². The molecule has 3 saturated heterocycles. The first kappa shape index (κ1) is 21.7. The van der Waals surface area contributed by atoms with Crippen LogP contribution >= 0.6 is 7.75 Å². The molecule has 6 nitrogen and oxygen atoms in total. The number of hydrogen-bond donors (Lipinski definition) is 1. The van der Waals surface area contributed by atoms with Gasteiger partial charge in [0, 0.05) is 24.2 Å². The van der Waals surface area contributed by atoms with Gasteiger partial charge in [-0.15, -0.1) is 6.58 Å². The molecule has 0 amide bonds. The SMILES string of the molecule is C=CC1CN2CCC1CC2[C@H](NP(=O)(OCC)OCC)c1ccnc2ccccc12. The van der Waals surface area contributed by atoms with Crippen molar-refractivity contribution < 1.29 is 13.6 Å². The van der Waals surface area contributed by atoms with E-state index in [-0.39, 0.29) is 12.1 Å². The highest BCUT2D eigenvalue weighted by atomic mass is 31.2. The summed E-state index contributed by atoms with van der Waals surface area (Å²) >= 11 is 0. The van der Waals surface area contributed by atoms with E-state index >= 15 is 0 Å². The molecule has 1 aromatic heterocycles. The van der Waals surface area contributed by atoms with Gasteiger partial charge in [0.15, 0.2) is 0 Å². The van der Waals surface area contributed by atoms with Crippen molar-refractivity contribution in [1.29, 1.82) is 0 Å². The maximum atomic E-state index is 13.5. The van der Waals surface area contributed by atoms with E-state index in [2.05, 4.69) is 33.7 Å². The van der Waals surface area contributed by atoms with Gasteiger partial charge >= 0.3 is 7.75 Å². The number of para-hydroxylation sites is 1. The molecule has 0 saturated carbocycles. The van der Waals surface area contributed by atoms with Crippen molar-refractivity contribution in [2.24, 2.45) is 11.8 Å². The number of pyridine rings is 1. The predicted octanol–water partition coefficient (Wildman–Crippen LogP) is 4.94. The van der Waals surface area contributed by atoms with E-state index < -0.39 is 7.75 Å². The first-order valence-electron chi connectivity index (χ1n) is 11.0. The first-order valence-corrected chi connectivity index (χ1v) is 12.5. The average molecular weight is 430 g/mol. The van der Waals surface area contributed by atoms with E-state index in [0.717, 1.165) is 36.0 Å². The molecule has 1 N–H and O–H groups in total. The number of aromatic nitrogens is 1. The van der Waals surface area contributed by atoms with Crippen LogP contribution in [0.4, 0.5) is 0 Å². The number of nitrogens with one attached hydrogen (secondary N) is 1. The van der Waals surface area contributed by atoms with Crippen LogP contribution in [0.25, 0.3) is 10.9 Å². The summed E-state index contributed by atoms with van der Waals surface area (Å²) in [5.41, 5.74) is 2.03. The molecule has 2 bridgehead atoms. The molecule has 3 fully saturated rings. The van der Waals surface area contributed by atoms with Crippen molar-refractivity contribution in [3.05, 3.63) is 54.7 Å². The summed E-state index contributed by atoms with van der Waals surface area (Å²) in [5.74, 6) is 1.13. The molecule has 5 rings (SSSR count). The van der Waals surface area contributed by atoms with Gasteiger partial charge in [0.2, 0.25) is 0 Å². The lowest BCUT2D eigenvalue weighted by molar-refractivity contribution is 0.00315. The zero-order chi connectivity index (χ0) is 21.1. The third-order valence-corrected chi connectivity index (χ3v) is 8.24. The largest absolute Gasteiger partial charge is 0.406 e. The molecular formula is C23H32N3O3P. The maximum Gasteiger partial charge on any atom is 0.406 e. The van der Waals surface area contributed by atoms with Crippen LogP contribution < -0.4 is 5.09 Å². The number of hydrogen-bond acceptors (Lipinski definition) is 5. The molecule has 0 radical (unpaired) electrons. The number of piperidine rings is 3. The zero-order valence-electron chi connectivity index (χ0n) is 17.9. The summed E-state index contributed by atoms with van der Waals surface area (Å²) in [4.78, 5) is 7.04. The van der Waals surface area contributed by atoms with Gasteiger partial charge in [-0.3, -0.25) is 18.9 Å². The second kappa shape index (κ2) is 9.29.